The molecule has 0 spiro atoms. The van der Waals surface area contributed by atoms with E-state index in [2.05, 4.69) is 26.2 Å². The molecule has 0 aliphatic heterocycles. The molecular weight excluding hydrogens is 258 g/mol. The number of alkyl halides is 2. The van der Waals surface area contributed by atoms with Crippen LogP contribution in [0.25, 0.3) is 0 Å². The van der Waals surface area contributed by atoms with Crippen molar-refractivity contribution in [2.45, 2.75) is 6.43 Å². The van der Waals surface area contributed by atoms with E-state index in [0.717, 1.165) is 4.47 Å². The van der Waals surface area contributed by atoms with Crippen LogP contribution in [0, 0.1) is 0 Å². The second kappa shape index (κ2) is 4.99. The molecule has 0 saturated heterocycles. The zero-order valence-corrected chi connectivity index (χ0v) is 8.59. The minimum atomic E-state index is -2.55. The lowest BCUT2D eigenvalue weighted by atomic mass is 10.3. The number of amides is 1. The Kier molecular flexibility index (Phi) is 3.94. The van der Waals surface area contributed by atoms with Crippen molar-refractivity contribution in [3.63, 3.8) is 0 Å². The summed E-state index contributed by atoms with van der Waals surface area (Å²) in [6.07, 6.45) is -1.12. The van der Waals surface area contributed by atoms with Crippen molar-refractivity contribution in [2.75, 3.05) is 6.54 Å². The number of halogens is 3. The minimum absolute atomic E-state index is 0.119. The molecule has 0 aliphatic rings. The molecule has 0 saturated carbocycles. The fourth-order valence-corrected chi connectivity index (χ4v) is 1.01. The predicted octanol–water partition coefficient (Wildman–Crippen LogP) is 1.84. The Morgan fingerprint density at radius 2 is 2.29 bits per heavy atom. The summed E-state index contributed by atoms with van der Waals surface area (Å²) in [5.41, 5.74) is 0.119. The van der Waals surface area contributed by atoms with Crippen LogP contribution in [-0.2, 0) is 0 Å². The SMILES string of the molecule is O=C(NCC(F)F)c1ccc(Br)cn1. The summed E-state index contributed by atoms with van der Waals surface area (Å²) in [6.45, 7) is -0.656. The summed E-state index contributed by atoms with van der Waals surface area (Å²) in [7, 11) is 0. The number of pyridine rings is 1. The van der Waals surface area contributed by atoms with Gasteiger partial charge in [-0.3, -0.25) is 4.79 Å². The van der Waals surface area contributed by atoms with Gasteiger partial charge in [0.1, 0.15) is 5.69 Å². The molecule has 3 nitrogen and oxygen atoms in total. The van der Waals surface area contributed by atoms with Gasteiger partial charge in [0.25, 0.3) is 12.3 Å². The Balaban J connectivity index is 2.57. The van der Waals surface area contributed by atoms with Gasteiger partial charge in [-0.1, -0.05) is 0 Å². The van der Waals surface area contributed by atoms with E-state index in [0.29, 0.717) is 0 Å². The molecule has 1 aromatic heterocycles. The smallest absolute Gasteiger partial charge is 0.270 e. The molecule has 1 N–H and O–H groups in total. The maximum atomic E-state index is 11.7. The van der Waals surface area contributed by atoms with Gasteiger partial charge in [0, 0.05) is 10.7 Å². The Morgan fingerprint density at radius 1 is 1.57 bits per heavy atom. The first-order valence-electron chi connectivity index (χ1n) is 3.77. The number of hydrogen-bond acceptors (Lipinski definition) is 2. The van der Waals surface area contributed by atoms with Gasteiger partial charge >= 0.3 is 0 Å². The van der Waals surface area contributed by atoms with Crippen LogP contribution in [0.1, 0.15) is 10.5 Å². The predicted molar refractivity (Wildman–Crippen MR) is 50.3 cm³/mol. The molecule has 1 amide bonds. The van der Waals surface area contributed by atoms with E-state index < -0.39 is 18.9 Å². The molecule has 0 unspecified atom stereocenters. The maximum absolute atomic E-state index is 11.7. The van der Waals surface area contributed by atoms with Crippen molar-refractivity contribution in [1.82, 2.24) is 10.3 Å². The zero-order valence-electron chi connectivity index (χ0n) is 7.01. The third-order valence-electron chi connectivity index (χ3n) is 1.38. The van der Waals surface area contributed by atoms with Gasteiger partial charge in [0.05, 0.1) is 6.54 Å². The van der Waals surface area contributed by atoms with Crippen LogP contribution < -0.4 is 5.32 Å². The maximum Gasteiger partial charge on any atom is 0.270 e. The number of rotatable bonds is 3. The summed E-state index contributed by atoms with van der Waals surface area (Å²) in [4.78, 5) is 14.9. The largest absolute Gasteiger partial charge is 0.345 e. The van der Waals surface area contributed by atoms with Crippen molar-refractivity contribution < 1.29 is 13.6 Å². The minimum Gasteiger partial charge on any atom is -0.345 e. The molecule has 14 heavy (non-hydrogen) atoms. The zero-order chi connectivity index (χ0) is 10.6. The van der Waals surface area contributed by atoms with Crippen molar-refractivity contribution in [3.8, 4) is 0 Å². The standard InChI is InChI=1S/C8H7BrF2N2O/c9-5-1-2-6(12-3-5)8(14)13-4-7(10)11/h1-3,7H,4H2,(H,13,14). The lowest BCUT2D eigenvalue weighted by molar-refractivity contribution is 0.0887. The molecule has 0 bridgehead atoms. The summed E-state index contributed by atoms with van der Waals surface area (Å²) in [6, 6.07) is 3.06. The number of carbonyl (C=O) groups is 1. The third-order valence-corrected chi connectivity index (χ3v) is 1.85. The molecule has 0 radical (unpaired) electrons. The van der Waals surface area contributed by atoms with E-state index in [9.17, 15) is 13.6 Å². The average molecular weight is 265 g/mol. The van der Waals surface area contributed by atoms with Crippen molar-refractivity contribution in [1.29, 1.82) is 0 Å². The topological polar surface area (TPSA) is 42.0 Å². The van der Waals surface area contributed by atoms with E-state index in [1.807, 2.05) is 0 Å². The van der Waals surface area contributed by atoms with Crippen LogP contribution in [0.15, 0.2) is 22.8 Å². The van der Waals surface area contributed by atoms with E-state index in [1.165, 1.54) is 12.3 Å². The lowest BCUT2D eigenvalue weighted by Gasteiger charge is -2.02. The molecular formula is C8H7BrF2N2O. The monoisotopic (exact) mass is 264 g/mol. The number of aromatic nitrogens is 1. The van der Waals surface area contributed by atoms with Crippen LogP contribution in [-0.4, -0.2) is 23.9 Å². The summed E-state index contributed by atoms with van der Waals surface area (Å²) < 4.78 is 24.2. The van der Waals surface area contributed by atoms with Gasteiger partial charge in [-0.05, 0) is 28.1 Å². The third kappa shape index (κ3) is 3.37. The van der Waals surface area contributed by atoms with E-state index in [1.54, 1.807) is 6.07 Å². The normalized spacial score (nSPS) is 10.3. The lowest BCUT2D eigenvalue weighted by Crippen LogP contribution is -2.29. The summed E-state index contributed by atoms with van der Waals surface area (Å²) in [5.74, 6) is -0.599. The van der Waals surface area contributed by atoms with Crippen molar-refractivity contribution in [2.24, 2.45) is 0 Å². The van der Waals surface area contributed by atoms with Crippen molar-refractivity contribution in [3.05, 3.63) is 28.5 Å². The molecule has 0 aromatic carbocycles. The van der Waals surface area contributed by atoms with Crippen LogP contribution in [0.4, 0.5) is 8.78 Å². The molecule has 6 heteroatoms. The molecule has 76 valence electrons. The molecule has 0 aliphatic carbocycles. The first kappa shape index (κ1) is 11.0. The fourth-order valence-electron chi connectivity index (χ4n) is 0.771. The molecule has 1 aromatic rings. The highest BCUT2D eigenvalue weighted by Crippen LogP contribution is 2.07. The van der Waals surface area contributed by atoms with Gasteiger partial charge in [-0.25, -0.2) is 13.8 Å². The van der Waals surface area contributed by atoms with Gasteiger partial charge in [0.15, 0.2) is 0 Å². The average Bonchev–Trinajstić information content (AvgIpc) is 2.15. The quantitative estimate of drug-likeness (QED) is 0.906. The van der Waals surface area contributed by atoms with Gasteiger partial charge in [0.2, 0.25) is 0 Å². The second-order valence-corrected chi connectivity index (χ2v) is 3.38. The highest BCUT2D eigenvalue weighted by atomic mass is 79.9. The Bertz CT molecular complexity index is 316. The number of hydrogen-bond donors (Lipinski definition) is 1. The summed E-state index contributed by atoms with van der Waals surface area (Å²) in [5, 5.41) is 2.05. The van der Waals surface area contributed by atoms with E-state index >= 15 is 0 Å². The van der Waals surface area contributed by atoms with Gasteiger partial charge < -0.3 is 5.32 Å². The number of carbonyl (C=O) groups excluding carboxylic acids is 1. The van der Waals surface area contributed by atoms with Crippen LogP contribution in [0.5, 0.6) is 0 Å². The first-order chi connectivity index (χ1) is 6.59. The molecule has 0 atom stereocenters. The first-order valence-corrected chi connectivity index (χ1v) is 4.57. The van der Waals surface area contributed by atoms with Crippen LogP contribution in [0.2, 0.25) is 0 Å². The highest BCUT2D eigenvalue weighted by molar-refractivity contribution is 9.10. The fraction of sp³-hybridized carbons (Fsp3) is 0.250. The van der Waals surface area contributed by atoms with Crippen molar-refractivity contribution >= 4 is 21.8 Å². The Labute approximate surface area is 87.7 Å². The van der Waals surface area contributed by atoms with Crippen LogP contribution >= 0.6 is 15.9 Å². The van der Waals surface area contributed by atoms with E-state index in [-0.39, 0.29) is 5.69 Å². The molecule has 0 fully saturated rings. The van der Waals surface area contributed by atoms with Crippen LogP contribution in [0.3, 0.4) is 0 Å². The van der Waals surface area contributed by atoms with E-state index in [4.69, 9.17) is 0 Å². The second-order valence-electron chi connectivity index (χ2n) is 2.46. The number of nitrogens with zero attached hydrogens (tertiary/aromatic N) is 1. The molecule has 1 heterocycles. The Hall–Kier alpha value is -1.04. The number of nitrogens with one attached hydrogen (secondary N) is 1. The molecule has 1 rings (SSSR count). The van der Waals surface area contributed by atoms with Gasteiger partial charge in [-0.2, -0.15) is 0 Å². The highest BCUT2D eigenvalue weighted by Gasteiger charge is 2.09. The Morgan fingerprint density at radius 3 is 2.79 bits per heavy atom. The van der Waals surface area contributed by atoms with Gasteiger partial charge in [-0.15, -0.1) is 0 Å². The summed E-state index contributed by atoms with van der Waals surface area (Å²) >= 11 is 3.14.